The van der Waals surface area contributed by atoms with Crippen molar-refractivity contribution in [1.82, 2.24) is 5.32 Å². The smallest absolute Gasteiger partial charge is 0.262 e. The van der Waals surface area contributed by atoms with Crippen LogP contribution in [0.4, 0.5) is 0 Å². The highest BCUT2D eigenvalue weighted by Gasteiger charge is 2.36. The van der Waals surface area contributed by atoms with Crippen LogP contribution in [-0.4, -0.2) is 33.8 Å². The maximum atomic E-state index is 12.2. The van der Waals surface area contributed by atoms with Gasteiger partial charge in [0.25, 0.3) is 5.91 Å². The third-order valence-corrected chi connectivity index (χ3v) is 6.47. The second-order valence-corrected chi connectivity index (χ2v) is 8.33. The first-order chi connectivity index (χ1) is 11.0. The summed E-state index contributed by atoms with van der Waals surface area (Å²) >= 11 is 2.79. The Bertz CT molecular complexity index is 619. The fourth-order valence-corrected chi connectivity index (χ4v) is 4.89. The average molecular weight is 351 g/mol. The number of nitrogens with one attached hydrogen (secondary N) is 1. The molecule has 1 unspecified atom stereocenters. The van der Waals surface area contributed by atoms with Crippen molar-refractivity contribution < 1.29 is 9.59 Å². The van der Waals surface area contributed by atoms with Crippen LogP contribution in [0.15, 0.2) is 20.5 Å². The van der Waals surface area contributed by atoms with Crippen LogP contribution in [0.2, 0.25) is 0 Å². The van der Waals surface area contributed by atoms with Gasteiger partial charge in [0.2, 0.25) is 5.91 Å². The van der Waals surface area contributed by atoms with E-state index in [1.54, 1.807) is 11.8 Å². The summed E-state index contributed by atoms with van der Waals surface area (Å²) in [6.07, 6.45) is 5.79. The van der Waals surface area contributed by atoms with Crippen molar-refractivity contribution in [1.29, 1.82) is 0 Å². The summed E-state index contributed by atoms with van der Waals surface area (Å²) < 4.78 is 0. The van der Waals surface area contributed by atoms with Crippen LogP contribution in [0.3, 0.4) is 0 Å². The molecule has 0 aromatic heterocycles. The molecule has 1 fully saturated rings. The van der Waals surface area contributed by atoms with Gasteiger partial charge in [0.15, 0.2) is 5.17 Å². The van der Waals surface area contributed by atoms with Crippen LogP contribution >= 0.6 is 23.5 Å². The first-order valence-electron chi connectivity index (χ1n) is 8.03. The molecule has 7 heteroatoms. The standard InChI is InChI=1S/C16H21N3O2S2/c1-9-10(2)23-15-13(9)14(21)18-16(19-15)22-8-12(20)17-11-6-4-3-5-7-11/h11,13H,3-8H2,1-2H3,(H,17,20). The second kappa shape index (κ2) is 7.21. The summed E-state index contributed by atoms with van der Waals surface area (Å²) in [6, 6.07) is 0.308. The van der Waals surface area contributed by atoms with Gasteiger partial charge >= 0.3 is 0 Å². The lowest BCUT2D eigenvalue weighted by Crippen LogP contribution is -2.37. The summed E-state index contributed by atoms with van der Waals surface area (Å²) in [7, 11) is 0. The topological polar surface area (TPSA) is 70.9 Å². The van der Waals surface area contributed by atoms with Gasteiger partial charge in [0.05, 0.1) is 10.8 Å². The Labute approximate surface area is 144 Å². The van der Waals surface area contributed by atoms with Gasteiger partial charge in [-0.05, 0) is 37.2 Å². The van der Waals surface area contributed by atoms with Crippen molar-refractivity contribution in [3.8, 4) is 0 Å². The molecule has 1 N–H and O–H groups in total. The summed E-state index contributed by atoms with van der Waals surface area (Å²) in [6.45, 7) is 3.96. The molecule has 0 aromatic carbocycles. The number of nitrogens with zero attached hydrogens (tertiary/aromatic N) is 2. The van der Waals surface area contributed by atoms with Crippen LogP contribution in [-0.2, 0) is 9.59 Å². The predicted octanol–water partition coefficient (Wildman–Crippen LogP) is 3.12. The van der Waals surface area contributed by atoms with E-state index in [1.165, 1.54) is 31.0 Å². The molecule has 2 heterocycles. The molecule has 3 aliphatic rings. The van der Waals surface area contributed by atoms with Crippen LogP contribution < -0.4 is 5.32 Å². The van der Waals surface area contributed by atoms with Gasteiger partial charge < -0.3 is 5.32 Å². The fourth-order valence-electron chi connectivity index (χ4n) is 3.05. The van der Waals surface area contributed by atoms with Gasteiger partial charge in [0, 0.05) is 6.04 Å². The molecule has 2 amide bonds. The highest BCUT2D eigenvalue weighted by Crippen LogP contribution is 2.40. The zero-order chi connectivity index (χ0) is 16.4. The number of thioether (sulfide) groups is 2. The quantitative estimate of drug-likeness (QED) is 0.848. The molecule has 0 saturated heterocycles. The van der Waals surface area contributed by atoms with Gasteiger partial charge in [0.1, 0.15) is 5.92 Å². The molecule has 124 valence electrons. The first kappa shape index (κ1) is 16.8. The predicted molar refractivity (Wildman–Crippen MR) is 96.8 cm³/mol. The van der Waals surface area contributed by atoms with E-state index in [4.69, 9.17) is 0 Å². The van der Waals surface area contributed by atoms with E-state index in [0.717, 1.165) is 28.4 Å². The summed E-state index contributed by atoms with van der Waals surface area (Å²) in [4.78, 5) is 33.8. The summed E-state index contributed by atoms with van der Waals surface area (Å²) in [5.41, 5.74) is 1.04. The average Bonchev–Trinajstić information content (AvgIpc) is 2.81. The monoisotopic (exact) mass is 351 g/mol. The molecule has 5 nitrogen and oxygen atoms in total. The Balaban J connectivity index is 1.53. The number of fused-ring (bicyclic) bond motifs is 1. The van der Waals surface area contributed by atoms with Gasteiger partial charge in [-0.15, -0.1) is 0 Å². The number of allylic oxidation sites excluding steroid dienone is 1. The lowest BCUT2D eigenvalue weighted by Gasteiger charge is -2.22. The van der Waals surface area contributed by atoms with Crippen molar-refractivity contribution in [2.75, 3.05) is 5.75 Å². The van der Waals surface area contributed by atoms with E-state index in [-0.39, 0.29) is 23.5 Å². The van der Waals surface area contributed by atoms with Crippen molar-refractivity contribution in [2.24, 2.45) is 15.9 Å². The first-order valence-corrected chi connectivity index (χ1v) is 9.83. The Kier molecular flexibility index (Phi) is 5.26. The zero-order valence-corrected chi connectivity index (χ0v) is 15.1. The SMILES string of the molecule is CC1=C(C)C2C(=O)N=C(SCC(=O)NC3CCCCC3)N=C2S1. The van der Waals surface area contributed by atoms with Crippen molar-refractivity contribution in [3.63, 3.8) is 0 Å². The zero-order valence-electron chi connectivity index (χ0n) is 13.4. The molecular weight excluding hydrogens is 330 g/mol. The summed E-state index contributed by atoms with van der Waals surface area (Å²) in [5, 5.41) is 4.28. The van der Waals surface area contributed by atoms with E-state index in [1.807, 2.05) is 13.8 Å². The number of hydrogen-bond acceptors (Lipinski definition) is 5. The van der Waals surface area contributed by atoms with Crippen LogP contribution in [0, 0.1) is 5.92 Å². The third kappa shape index (κ3) is 3.88. The minimum Gasteiger partial charge on any atom is -0.353 e. The molecule has 0 spiro atoms. The molecule has 1 aliphatic carbocycles. The van der Waals surface area contributed by atoms with Gasteiger partial charge in [-0.1, -0.05) is 42.8 Å². The number of amidine groups is 1. The minimum absolute atomic E-state index is 0.00364. The van der Waals surface area contributed by atoms with Crippen LogP contribution in [0.25, 0.3) is 0 Å². The molecule has 0 aromatic rings. The normalized spacial score (nSPS) is 25.1. The number of amides is 2. The Morgan fingerprint density at radius 2 is 2.00 bits per heavy atom. The lowest BCUT2D eigenvalue weighted by atomic mass is 9.95. The fraction of sp³-hybridized carbons (Fsp3) is 0.625. The largest absolute Gasteiger partial charge is 0.353 e. The lowest BCUT2D eigenvalue weighted by molar-refractivity contribution is -0.120. The van der Waals surface area contributed by atoms with Crippen LogP contribution in [0.1, 0.15) is 46.0 Å². The number of aliphatic imine (C=N–C) groups is 2. The van der Waals surface area contributed by atoms with E-state index >= 15 is 0 Å². The molecule has 1 saturated carbocycles. The maximum Gasteiger partial charge on any atom is 0.262 e. The maximum absolute atomic E-state index is 12.2. The molecule has 2 aliphatic heterocycles. The Morgan fingerprint density at radius 3 is 2.74 bits per heavy atom. The van der Waals surface area contributed by atoms with Gasteiger partial charge in [-0.2, -0.15) is 4.99 Å². The van der Waals surface area contributed by atoms with Gasteiger partial charge in [-0.25, -0.2) is 4.99 Å². The molecule has 23 heavy (non-hydrogen) atoms. The third-order valence-electron chi connectivity index (χ3n) is 4.45. The number of carbonyl (C=O) groups excluding carboxylic acids is 2. The summed E-state index contributed by atoms with van der Waals surface area (Å²) in [5.74, 6) is -0.184. The second-order valence-electron chi connectivity index (χ2n) is 6.15. The molecule has 1 atom stereocenters. The van der Waals surface area contributed by atoms with E-state index in [2.05, 4.69) is 15.3 Å². The molecule has 0 bridgehead atoms. The van der Waals surface area contributed by atoms with Crippen molar-refractivity contribution >= 4 is 45.5 Å². The van der Waals surface area contributed by atoms with Crippen molar-refractivity contribution in [2.45, 2.75) is 52.0 Å². The van der Waals surface area contributed by atoms with Crippen molar-refractivity contribution in [3.05, 3.63) is 10.5 Å². The molecular formula is C16H21N3O2S2. The highest BCUT2D eigenvalue weighted by atomic mass is 32.2. The van der Waals surface area contributed by atoms with Crippen LogP contribution in [0.5, 0.6) is 0 Å². The number of carbonyl (C=O) groups is 2. The highest BCUT2D eigenvalue weighted by molar-refractivity contribution is 8.18. The molecule has 0 radical (unpaired) electrons. The van der Waals surface area contributed by atoms with E-state index < -0.39 is 0 Å². The minimum atomic E-state index is -0.291. The molecule has 3 rings (SSSR count). The van der Waals surface area contributed by atoms with E-state index in [9.17, 15) is 9.59 Å². The Morgan fingerprint density at radius 1 is 1.26 bits per heavy atom. The number of hydrogen-bond donors (Lipinski definition) is 1. The Hall–Kier alpha value is -1.08. The number of rotatable bonds is 3. The van der Waals surface area contributed by atoms with E-state index in [0.29, 0.717) is 11.2 Å². The van der Waals surface area contributed by atoms with Gasteiger partial charge in [-0.3, -0.25) is 9.59 Å².